The van der Waals surface area contributed by atoms with E-state index < -0.39 is 11.7 Å². The summed E-state index contributed by atoms with van der Waals surface area (Å²) in [6.45, 7) is 4.82. The molecular weight excluding hydrogens is 405 g/mol. The first-order chi connectivity index (χ1) is 14.7. The first kappa shape index (κ1) is 20.6. The zero-order valence-corrected chi connectivity index (χ0v) is 17.0. The molecule has 6 nitrogen and oxygen atoms in total. The number of nitrogens with one attached hydrogen (secondary N) is 1. The number of benzene rings is 2. The Hall–Kier alpha value is -3.62. The van der Waals surface area contributed by atoms with Crippen LogP contribution in [-0.2, 0) is 6.18 Å². The van der Waals surface area contributed by atoms with Gasteiger partial charge in [0.05, 0.1) is 22.3 Å². The maximum Gasteiger partial charge on any atom is 0.416 e. The zero-order valence-electron chi connectivity index (χ0n) is 17.0. The van der Waals surface area contributed by atoms with Crippen LogP contribution in [0.4, 0.5) is 24.9 Å². The summed E-state index contributed by atoms with van der Waals surface area (Å²) < 4.78 is 40.1. The average molecular weight is 426 g/mol. The number of anilines is 2. The molecule has 2 aromatic heterocycles. The average Bonchev–Trinajstić information content (AvgIpc) is 3.08. The molecule has 0 atom stereocenters. The van der Waals surface area contributed by atoms with Crippen LogP contribution in [-0.4, -0.2) is 26.3 Å². The second kappa shape index (κ2) is 7.90. The molecule has 0 aliphatic carbocycles. The fraction of sp³-hybridized carbons (Fsp3) is 0.227. The number of fused-ring (bicyclic) bond motifs is 1. The second-order valence-corrected chi connectivity index (χ2v) is 7.58. The molecule has 160 valence electrons. The van der Waals surface area contributed by atoms with Crippen LogP contribution < -0.4 is 11.1 Å². The molecule has 31 heavy (non-hydrogen) atoms. The molecule has 9 heteroatoms. The third-order valence-corrected chi connectivity index (χ3v) is 4.72. The number of nitrogens with two attached hydrogens (primary N) is 1. The van der Waals surface area contributed by atoms with Crippen molar-refractivity contribution in [3.63, 3.8) is 0 Å². The van der Waals surface area contributed by atoms with Crippen molar-refractivity contribution in [3.05, 3.63) is 60.2 Å². The highest BCUT2D eigenvalue weighted by Crippen LogP contribution is 2.34. The van der Waals surface area contributed by atoms with Gasteiger partial charge in [-0.2, -0.15) is 18.2 Å². The van der Waals surface area contributed by atoms with Crippen LogP contribution in [0, 0.1) is 5.92 Å². The number of rotatable bonds is 5. The Morgan fingerprint density at radius 1 is 1.00 bits per heavy atom. The largest absolute Gasteiger partial charge is 0.416 e. The van der Waals surface area contributed by atoms with Crippen molar-refractivity contribution in [2.75, 3.05) is 17.6 Å². The number of hydrogen-bond acceptors (Lipinski definition) is 5. The summed E-state index contributed by atoms with van der Waals surface area (Å²) in [5, 5.41) is 8.21. The van der Waals surface area contributed by atoms with Gasteiger partial charge in [0.1, 0.15) is 5.82 Å². The van der Waals surface area contributed by atoms with Crippen LogP contribution in [0.1, 0.15) is 19.4 Å². The standard InChI is InChI=1S/C22H21F3N6/c1-13(2)12-27-21-28-18(14-6-4-3-5-7-14)17-19(26)31(30-20(17)29-21)16-10-8-15(9-11-16)22(23,24)25/h3-11,13H,12,26H2,1-2H3,(H,27,29,30). The highest BCUT2D eigenvalue weighted by atomic mass is 19.4. The van der Waals surface area contributed by atoms with Gasteiger partial charge in [-0.05, 0) is 30.2 Å². The van der Waals surface area contributed by atoms with E-state index in [1.807, 2.05) is 30.3 Å². The van der Waals surface area contributed by atoms with E-state index >= 15 is 0 Å². The second-order valence-electron chi connectivity index (χ2n) is 7.58. The lowest BCUT2D eigenvalue weighted by atomic mass is 10.1. The minimum atomic E-state index is -4.41. The number of nitrogen functional groups attached to an aromatic ring is 1. The van der Waals surface area contributed by atoms with Gasteiger partial charge in [-0.25, -0.2) is 9.67 Å². The Kier molecular flexibility index (Phi) is 5.26. The first-order valence-corrected chi connectivity index (χ1v) is 9.77. The van der Waals surface area contributed by atoms with E-state index in [1.54, 1.807) is 0 Å². The molecule has 0 saturated heterocycles. The highest BCUT2D eigenvalue weighted by molar-refractivity contribution is 5.99. The maximum atomic E-state index is 12.9. The molecule has 0 amide bonds. The van der Waals surface area contributed by atoms with E-state index in [9.17, 15) is 13.2 Å². The maximum absolute atomic E-state index is 12.9. The van der Waals surface area contributed by atoms with E-state index in [0.29, 0.717) is 40.8 Å². The van der Waals surface area contributed by atoms with Crippen molar-refractivity contribution >= 4 is 22.8 Å². The first-order valence-electron chi connectivity index (χ1n) is 9.77. The Morgan fingerprint density at radius 2 is 1.68 bits per heavy atom. The molecule has 0 spiro atoms. The van der Waals surface area contributed by atoms with Crippen LogP contribution in [0.3, 0.4) is 0 Å². The number of aromatic nitrogens is 4. The van der Waals surface area contributed by atoms with Crippen LogP contribution in [0.5, 0.6) is 0 Å². The molecule has 3 N–H and O–H groups in total. The zero-order chi connectivity index (χ0) is 22.2. The van der Waals surface area contributed by atoms with Crippen molar-refractivity contribution in [1.82, 2.24) is 19.7 Å². The smallest absolute Gasteiger partial charge is 0.383 e. The molecule has 0 aliphatic rings. The van der Waals surface area contributed by atoms with Crippen molar-refractivity contribution < 1.29 is 13.2 Å². The quantitative estimate of drug-likeness (QED) is 0.461. The minimum Gasteiger partial charge on any atom is -0.383 e. The molecule has 0 unspecified atom stereocenters. The van der Waals surface area contributed by atoms with Gasteiger partial charge >= 0.3 is 6.18 Å². The molecule has 4 rings (SSSR count). The van der Waals surface area contributed by atoms with E-state index in [-0.39, 0.29) is 5.82 Å². The van der Waals surface area contributed by atoms with Crippen LogP contribution in [0.25, 0.3) is 28.0 Å². The van der Waals surface area contributed by atoms with E-state index in [1.165, 1.54) is 16.8 Å². The fourth-order valence-electron chi connectivity index (χ4n) is 3.18. The van der Waals surface area contributed by atoms with Gasteiger partial charge in [0.15, 0.2) is 5.65 Å². The summed E-state index contributed by atoms with van der Waals surface area (Å²) in [6, 6.07) is 14.2. The summed E-state index contributed by atoms with van der Waals surface area (Å²) >= 11 is 0. The third kappa shape index (κ3) is 4.16. The summed E-state index contributed by atoms with van der Waals surface area (Å²) in [4.78, 5) is 9.14. The summed E-state index contributed by atoms with van der Waals surface area (Å²) in [5.74, 6) is 1.05. The van der Waals surface area contributed by atoms with Crippen molar-refractivity contribution in [2.45, 2.75) is 20.0 Å². The van der Waals surface area contributed by atoms with Gasteiger partial charge in [0, 0.05) is 12.1 Å². The van der Waals surface area contributed by atoms with Gasteiger partial charge in [0.25, 0.3) is 0 Å². The van der Waals surface area contributed by atoms with Gasteiger partial charge in [0.2, 0.25) is 5.95 Å². The lowest BCUT2D eigenvalue weighted by Crippen LogP contribution is -2.11. The molecule has 0 aliphatic heterocycles. The molecule has 2 aromatic carbocycles. The Labute approximate surface area is 176 Å². The molecule has 2 heterocycles. The predicted octanol–water partition coefficient (Wildman–Crippen LogP) is 5.15. The summed E-state index contributed by atoms with van der Waals surface area (Å²) in [7, 11) is 0. The SMILES string of the molecule is CC(C)CNc1nc(-c2ccccc2)c2c(N)n(-c3ccc(C(F)(F)F)cc3)nc2n1. The lowest BCUT2D eigenvalue weighted by molar-refractivity contribution is -0.137. The number of halogens is 3. The fourth-order valence-corrected chi connectivity index (χ4v) is 3.18. The highest BCUT2D eigenvalue weighted by Gasteiger charge is 2.30. The predicted molar refractivity (Wildman–Crippen MR) is 115 cm³/mol. The van der Waals surface area contributed by atoms with Crippen LogP contribution in [0.2, 0.25) is 0 Å². The van der Waals surface area contributed by atoms with Crippen LogP contribution in [0.15, 0.2) is 54.6 Å². The Morgan fingerprint density at radius 3 is 2.29 bits per heavy atom. The normalized spacial score (nSPS) is 11.9. The lowest BCUT2D eigenvalue weighted by Gasteiger charge is -2.10. The molecule has 0 radical (unpaired) electrons. The molecule has 0 fully saturated rings. The van der Waals surface area contributed by atoms with Gasteiger partial charge in [-0.1, -0.05) is 44.2 Å². The van der Waals surface area contributed by atoms with E-state index in [2.05, 4.69) is 34.2 Å². The Bertz CT molecular complexity index is 1200. The minimum absolute atomic E-state index is 0.254. The van der Waals surface area contributed by atoms with Crippen molar-refractivity contribution in [2.24, 2.45) is 5.92 Å². The number of alkyl halides is 3. The molecule has 0 saturated carbocycles. The molecule has 4 aromatic rings. The van der Waals surface area contributed by atoms with Crippen molar-refractivity contribution in [1.29, 1.82) is 0 Å². The van der Waals surface area contributed by atoms with E-state index in [4.69, 9.17) is 5.73 Å². The van der Waals surface area contributed by atoms with Crippen molar-refractivity contribution in [3.8, 4) is 16.9 Å². The Balaban J connectivity index is 1.87. The van der Waals surface area contributed by atoms with E-state index in [0.717, 1.165) is 17.7 Å². The van der Waals surface area contributed by atoms with Crippen LogP contribution >= 0.6 is 0 Å². The monoisotopic (exact) mass is 426 g/mol. The number of nitrogens with zero attached hydrogens (tertiary/aromatic N) is 4. The molecule has 0 bridgehead atoms. The van der Waals surface area contributed by atoms with Gasteiger partial charge in [-0.3, -0.25) is 0 Å². The summed E-state index contributed by atoms with van der Waals surface area (Å²) in [6.07, 6.45) is -4.41. The number of hydrogen-bond donors (Lipinski definition) is 2. The topological polar surface area (TPSA) is 81.6 Å². The van der Waals surface area contributed by atoms with Gasteiger partial charge < -0.3 is 11.1 Å². The summed E-state index contributed by atoms with van der Waals surface area (Å²) in [5.41, 5.74) is 7.84. The third-order valence-electron chi connectivity index (χ3n) is 4.72. The van der Waals surface area contributed by atoms with Gasteiger partial charge in [-0.15, -0.1) is 5.10 Å². The molecular formula is C22H21F3N6.